The number of fused-ring (bicyclic) bond motifs is 7. The SMILES string of the molecule is c1ccc(-c2nc(-c3ccc4c(c3)oc3c5ccccc5c(-c5ccc6ccccc6c5)cc43)nc(-c3cccc4c(-c5ccccc5)cccc34)n2)cc1. The van der Waals surface area contributed by atoms with Gasteiger partial charge in [0.15, 0.2) is 17.5 Å². The first kappa shape index (κ1) is 31.1. The Bertz CT molecular complexity index is 3260. The number of furan rings is 1. The van der Waals surface area contributed by atoms with Crippen molar-refractivity contribution in [1.82, 2.24) is 15.0 Å². The van der Waals surface area contributed by atoms with Gasteiger partial charge >= 0.3 is 0 Å². The zero-order valence-electron chi connectivity index (χ0n) is 29.6. The van der Waals surface area contributed by atoms with Crippen LogP contribution in [0.4, 0.5) is 0 Å². The van der Waals surface area contributed by atoms with Crippen LogP contribution in [0.1, 0.15) is 0 Å². The van der Waals surface area contributed by atoms with Gasteiger partial charge in [-0.25, -0.2) is 15.0 Å². The van der Waals surface area contributed by atoms with E-state index >= 15 is 0 Å². The Morgan fingerprint density at radius 1 is 0.291 bits per heavy atom. The number of benzene rings is 9. The summed E-state index contributed by atoms with van der Waals surface area (Å²) < 4.78 is 6.76. The third-order valence-corrected chi connectivity index (χ3v) is 10.7. The second kappa shape index (κ2) is 12.6. The van der Waals surface area contributed by atoms with Gasteiger partial charge in [-0.05, 0) is 73.5 Å². The van der Waals surface area contributed by atoms with Gasteiger partial charge in [-0.2, -0.15) is 0 Å². The monoisotopic (exact) mass is 701 g/mol. The van der Waals surface area contributed by atoms with Crippen molar-refractivity contribution in [1.29, 1.82) is 0 Å². The molecule has 0 bridgehead atoms. The number of hydrogen-bond acceptors (Lipinski definition) is 4. The van der Waals surface area contributed by atoms with E-state index in [1.165, 1.54) is 33.0 Å². The summed E-state index contributed by atoms with van der Waals surface area (Å²) in [5.41, 5.74) is 9.10. The lowest BCUT2D eigenvalue weighted by Gasteiger charge is -2.12. The quantitative estimate of drug-likeness (QED) is 0.179. The molecular weight excluding hydrogens is 671 g/mol. The number of aromatic nitrogens is 3. The van der Waals surface area contributed by atoms with Crippen LogP contribution in [0.2, 0.25) is 0 Å². The maximum absolute atomic E-state index is 6.76. The summed E-state index contributed by atoms with van der Waals surface area (Å²) in [6.07, 6.45) is 0. The van der Waals surface area contributed by atoms with Crippen molar-refractivity contribution in [2.75, 3.05) is 0 Å². The van der Waals surface area contributed by atoms with Gasteiger partial charge in [-0.1, -0.05) is 164 Å². The van der Waals surface area contributed by atoms with Crippen molar-refractivity contribution < 1.29 is 4.42 Å². The summed E-state index contributed by atoms with van der Waals surface area (Å²) in [7, 11) is 0. The Morgan fingerprint density at radius 3 is 1.67 bits per heavy atom. The minimum absolute atomic E-state index is 0.587. The maximum Gasteiger partial charge on any atom is 0.164 e. The van der Waals surface area contributed by atoms with E-state index in [0.29, 0.717) is 17.5 Å². The first-order chi connectivity index (χ1) is 27.2. The van der Waals surface area contributed by atoms with Gasteiger partial charge in [0, 0.05) is 32.8 Å². The Morgan fingerprint density at radius 2 is 0.873 bits per heavy atom. The molecule has 0 amide bonds. The smallest absolute Gasteiger partial charge is 0.164 e. The van der Waals surface area contributed by atoms with Crippen LogP contribution in [0, 0.1) is 0 Å². The van der Waals surface area contributed by atoms with Crippen molar-refractivity contribution in [3.63, 3.8) is 0 Å². The summed E-state index contributed by atoms with van der Waals surface area (Å²) in [4.78, 5) is 15.3. The molecule has 11 aromatic rings. The molecule has 2 aromatic heterocycles. The average molecular weight is 702 g/mol. The number of rotatable bonds is 5. The van der Waals surface area contributed by atoms with E-state index in [4.69, 9.17) is 19.4 Å². The fraction of sp³-hybridized carbons (Fsp3) is 0. The van der Waals surface area contributed by atoms with Crippen molar-refractivity contribution in [2.45, 2.75) is 0 Å². The molecule has 4 heteroatoms. The highest BCUT2D eigenvalue weighted by Gasteiger charge is 2.19. The van der Waals surface area contributed by atoms with Gasteiger partial charge in [-0.15, -0.1) is 0 Å². The molecule has 0 fully saturated rings. The lowest BCUT2D eigenvalue weighted by molar-refractivity contribution is 0.673. The molecule has 0 unspecified atom stereocenters. The molecule has 0 saturated carbocycles. The van der Waals surface area contributed by atoms with Crippen molar-refractivity contribution in [3.05, 3.63) is 188 Å². The van der Waals surface area contributed by atoms with Crippen molar-refractivity contribution in [2.24, 2.45) is 0 Å². The van der Waals surface area contributed by atoms with Gasteiger partial charge in [0.25, 0.3) is 0 Å². The summed E-state index contributed by atoms with van der Waals surface area (Å²) in [5, 5.41) is 9.05. The van der Waals surface area contributed by atoms with Crippen molar-refractivity contribution >= 4 is 54.3 Å². The maximum atomic E-state index is 6.76. The Kier molecular flexibility index (Phi) is 7.14. The predicted molar refractivity (Wildman–Crippen MR) is 227 cm³/mol. The zero-order valence-corrected chi connectivity index (χ0v) is 29.6. The van der Waals surface area contributed by atoms with Crippen LogP contribution in [0.15, 0.2) is 192 Å². The molecule has 0 radical (unpaired) electrons. The standard InChI is InChI=1S/C51H31N3O/c1-3-14-33(15-4-1)38-21-11-23-40-39(38)22-12-24-44(40)51-53-49(34-16-5-2-6-17-34)52-50(54-51)37-27-28-42-46-31-45(36-26-25-32-13-7-8-18-35(32)29-36)41-19-9-10-20-43(41)48(46)55-47(42)30-37/h1-31H. The first-order valence-electron chi connectivity index (χ1n) is 18.5. The normalized spacial score (nSPS) is 11.6. The lowest BCUT2D eigenvalue weighted by Crippen LogP contribution is -2.00. The highest BCUT2D eigenvalue weighted by Crippen LogP contribution is 2.42. The van der Waals surface area contributed by atoms with Gasteiger partial charge in [0.05, 0.1) is 0 Å². The van der Waals surface area contributed by atoms with Crippen LogP contribution in [0.3, 0.4) is 0 Å². The molecule has 256 valence electrons. The minimum atomic E-state index is 0.587. The van der Waals surface area contributed by atoms with Crippen molar-refractivity contribution in [3.8, 4) is 56.4 Å². The molecule has 0 saturated heterocycles. The number of hydrogen-bond donors (Lipinski definition) is 0. The molecule has 0 aliphatic heterocycles. The Balaban J connectivity index is 1.09. The summed E-state index contributed by atoms with van der Waals surface area (Å²) in [6.45, 7) is 0. The molecule has 2 heterocycles. The molecule has 0 aliphatic carbocycles. The van der Waals surface area contributed by atoms with Crippen LogP contribution in [-0.2, 0) is 0 Å². The van der Waals surface area contributed by atoms with E-state index in [-0.39, 0.29) is 0 Å². The largest absolute Gasteiger partial charge is 0.455 e. The van der Waals surface area contributed by atoms with E-state index in [1.54, 1.807) is 0 Å². The van der Waals surface area contributed by atoms with Gasteiger partial charge in [0.2, 0.25) is 0 Å². The van der Waals surface area contributed by atoms with E-state index in [2.05, 4.69) is 152 Å². The predicted octanol–water partition coefficient (Wildman–Crippen LogP) is 13.6. The highest BCUT2D eigenvalue weighted by atomic mass is 16.3. The summed E-state index contributed by atoms with van der Waals surface area (Å²) in [5.74, 6) is 1.83. The molecule has 0 atom stereocenters. The highest BCUT2D eigenvalue weighted by molar-refractivity contribution is 6.19. The second-order valence-electron chi connectivity index (χ2n) is 14.0. The van der Waals surface area contributed by atoms with Crippen LogP contribution >= 0.6 is 0 Å². The zero-order chi connectivity index (χ0) is 36.3. The van der Waals surface area contributed by atoms with E-state index in [1.807, 2.05) is 36.4 Å². The van der Waals surface area contributed by atoms with E-state index in [9.17, 15) is 0 Å². The lowest BCUT2D eigenvalue weighted by atomic mass is 9.94. The summed E-state index contributed by atoms with van der Waals surface area (Å²) >= 11 is 0. The molecular formula is C51H31N3O. The van der Waals surface area contributed by atoms with Gasteiger partial charge in [0.1, 0.15) is 11.2 Å². The van der Waals surface area contributed by atoms with E-state index < -0.39 is 0 Å². The average Bonchev–Trinajstić information content (AvgIpc) is 3.64. The molecule has 0 aliphatic rings. The topological polar surface area (TPSA) is 51.8 Å². The summed E-state index contributed by atoms with van der Waals surface area (Å²) in [6, 6.07) is 65.8. The molecule has 55 heavy (non-hydrogen) atoms. The van der Waals surface area contributed by atoms with Gasteiger partial charge in [-0.3, -0.25) is 0 Å². The van der Waals surface area contributed by atoms with Crippen LogP contribution < -0.4 is 0 Å². The van der Waals surface area contributed by atoms with Crippen LogP contribution in [-0.4, -0.2) is 15.0 Å². The van der Waals surface area contributed by atoms with Crippen LogP contribution in [0.25, 0.3) is 111 Å². The third kappa shape index (κ3) is 5.26. The number of nitrogens with zero attached hydrogens (tertiary/aromatic N) is 3. The fourth-order valence-corrected chi connectivity index (χ4v) is 8.05. The van der Waals surface area contributed by atoms with Crippen LogP contribution in [0.5, 0.6) is 0 Å². The second-order valence-corrected chi connectivity index (χ2v) is 14.0. The first-order valence-corrected chi connectivity index (χ1v) is 18.5. The molecule has 0 N–H and O–H groups in total. The molecule has 11 rings (SSSR count). The molecule has 9 aromatic carbocycles. The van der Waals surface area contributed by atoms with E-state index in [0.717, 1.165) is 60.2 Å². The van der Waals surface area contributed by atoms with Gasteiger partial charge < -0.3 is 4.42 Å². The fourth-order valence-electron chi connectivity index (χ4n) is 8.05. The third-order valence-electron chi connectivity index (χ3n) is 10.7. The Hall–Kier alpha value is -7.43. The molecule has 0 spiro atoms. The minimum Gasteiger partial charge on any atom is -0.455 e. The Labute approximate surface area is 317 Å². The molecule has 4 nitrogen and oxygen atoms in total.